The third kappa shape index (κ3) is 4.59. The van der Waals surface area contributed by atoms with Crippen molar-refractivity contribution >= 4 is 0 Å². The average Bonchev–Trinajstić information content (AvgIpc) is 2.56. The first-order chi connectivity index (χ1) is 10.3. The van der Waals surface area contributed by atoms with Crippen molar-refractivity contribution in [3.8, 4) is 11.5 Å². The van der Waals surface area contributed by atoms with Gasteiger partial charge in [-0.2, -0.15) is 0 Å². The lowest BCUT2D eigenvalue weighted by molar-refractivity contribution is 0.00854. The van der Waals surface area contributed by atoms with E-state index in [0.717, 1.165) is 42.9 Å². The molecule has 0 amide bonds. The van der Waals surface area contributed by atoms with E-state index in [0.29, 0.717) is 6.10 Å². The highest BCUT2D eigenvalue weighted by Gasteiger charge is 2.18. The maximum Gasteiger partial charge on any atom is 0.122 e. The minimum absolute atomic E-state index is 0.0690. The highest BCUT2D eigenvalue weighted by molar-refractivity contribution is 5.39. The number of hydrogen-bond donors (Lipinski definition) is 2. The van der Waals surface area contributed by atoms with E-state index in [1.165, 1.54) is 12.8 Å². The Bertz CT molecular complexity index is 411. The molecule has 2 rings (SSSR count). The van der Waals surface area contributed by atoms with Crippen LogP contribution in [0.2, 0.25) is 0 Å². The molecule has 1 aromatic carbocycles. The van der Waals surface area contributed by atoms with Crippen LogP contribution in [0.25, 0.3) is 0 Å². The lowest BCUT2D eigenvalue weighted by Gasteiger charge is -2.25. The first kappa shape index (κ1) is 16.1. The van der Waals surface area contributed by atoms with Crippen molar-refractivity contribution in [1.82, 2.24) is 5.43 Å². The maximum absolute atomic E-state index is 5.78. The second-order valence-electron chi connectivity index (χ2n) is 5.43. The molecule has 0 aliphatic carbocycles. The van der Waals surface area contributed by atoms with Crippen LogP contribution in [0.3, 0.4) is 0 Å². The van der Waals surface area contributed by atoms with Crippen LogP contribution in [0, 0.1) is 0 Å². The van der Waals surface area contributed by atoms with E-state index in [1.54, 1.807) is 14.2 Å². The van der Waals surface area contributed by atoms with Crippen LogP contribution in [0.1, 0.15) is 43.7 Å². The summed E-state index contributed by atoms with van der Waals surface area (Å²) in [6, 6.07) is 5.92. The summed E-state index contributed by atoms with van der Waals surface area (Å²) in [5, 5.41) is 0. The minimum atomic E-state index is 0.0690. The molecule has 1 aromatic rings. The zero-order chi connectivity index (χ0) is 15.1. The Hall–Kier alpha value is -1.30. The molecule has 1 fully saturated rings. The molecule has 3 N–H and O–H groups in total. The largest absolute Gasteiger partial charge is 0.497 e. The molecule has 21 heavy (non-hydrogen) atoms. The van der Waals surface area contributed by atoms with Crippen LogP contribution in [-0.2, 0) is 4.74 Å². The van der Waals surface area contributed by atoms with Gasteiger partial charge in [-0.1, -0.05) is 0 Å². The number of benzene rings is 1. The second-order valence-corrected chi connectivity index (χ2v) is 5.43. The van der Waals surface area contributed by atoms with E-state index in [4.69, 9.17) is 20.1 Å². The molecule has 1 heterocycles. The lowest BCUT2D eigenvalue weighted by Crippen LogP contribution is -2.29. The molecule has 1 aliphatic rings. The van der Waals surface area contributed by atoms with Gasteiger partial charge in [0.2, 0.25) is 0 Å². The minimum Gasteiger partial charge on any atom is -0.497 e. The molecular formula is C16H26N2O3. The SMILES string of the molecule is COc1cc(OC)cc(C(CCC2CCCCO2)NN)c1. The fourth-order valence-electron chi connectivity index (χ4n) is 2.76. The number of nitrogens with two attached hydrogens (primary N) is 1. The van der Waals surface area contributed by atoms with Gasteiger partial charge in [-0.25, -0.2) is 0 Å². The molecule has 0 saturated carbocycles. The van der Waals surface area contributed by atoms with Crippen molar-refractivity contribution in [3.05, 3.63) is 23.8 Å². The standard InChI is InChI=1S/C16H26N2O3/c1-19-14-9-12(10-15(11-14)20-2)16(18-17)7-6-13-5-3-4-8-21-13/h9-11,13,16,18H,3-8,17H2,1-2H3. The summed E-state index contributed by atoms with van der Waals surface area (Å²) in [5.74, 6) is 7.28. The van der Waals surface area contributed by atoms with E-state index in [9.17, 15) is 0 Å². The first-order valence-corrected chi connectivity index (χ1v) is 7.57. The van der Waals surface area contributed by atoms with E-state index in [2.05, 4.69) is 5.43 Å². The normalized spacial score (nSPS) is 20.0. The zero-order valence-electron chi connectivity index (χ0n) is 12.9. The van der Waals surface area contributed by atoms with Gasteiger partial charge >= 0.3 is 0 Å². The van der Waals surface area contributed by atoms with Gasteiger partial charge in [0, 0.05) is 18.7 Å². The Balaban J connectivity index is 2.01. The third-order valence-electron chi connectivity index (χ3n) is 4.03. The number of methoxy groups -OCH3 is 2. The number of rotatable bonds is 7. The second kappa shape index (κ2) is 8.22. The van der Waals surface area contributed by atoms with E-state index >= 15 is 0 Å². The van der Waals surface area contributed by atoms with Crippen molar-refractivity contribution in [2.24, 2.45) is 5.84 Å². The van der Waals surface area contributed by atoms with E-state index in [1.807, 2.05) is 18.2 Å². The lowest BCUT2D eigenvalue weighted by atomic mass is 9.97. The number of hydrogen-bond acceptors (Lipinski definition) is 5. The third-order valence-corrected chi connectivity index (χ3v) is 4.03. The van der Waals surface area contributed by atoms with Crippen LogP contribution < -0.4 is 20.7 Å². The Labute approximate surface area is 126 Å². The van der Waals surface area contributed by atoms with Crippen LogP contribution in [-0.4, -0.2) is 26.9 Å². The summed E-state index contributed by atoms with van der Waals surface area (Å²) in [7, 11) is 3.30. The molecule has 2 atom stereocenters. The van der Waals surface area contributed by atoms with E-state index in [-0.39, 0.29) is 6.04 Å². The summed E-state index contributed by atoms with van der Waals surface area (Å²) in [6.07, 6.45) is 5.90. The Kier molecular flexibility index (Phi) is 6.29. The molecule has 5 heteroatoms. The Morgan fingerprint density at radius 3 is 2.48 bits per heavy atom. The van der Waals surface area contributed by atoms with Gasteiger partial charge in [-0.05, 0) is 49.8 Å². The molecule has 1 aliphatic heterocycles. The highest BCUT2D eigenvalue weighted by Crippen LogP contribution is 2.29. The van der Waals surface area contributed by atoms with Gasteiger partial charge in [0.1, 0.15) is 11.5 Å². The summed E-state index contributed by atoms with van der Waals surface area (Å²) in [4.78, 5) is 0. The van der Waals surface area contributed by atoms with Crippen molar-refractivity contribution in [2.45, 2.75) is 44.2 Å². The smallest absolute Gasteiger partial charge is 0.122 e. The summed E-state index contributed by atoms with van der Waals surface area (Å²) in [6.45, 7) is 0.887. The summed E-state index contributed by atoms with van der Waals surface area (Å²) < 4.78 is 16.4. The van der Waals surface area contributed by atoms with Gasteiger partial charge in [0.25, 0.3) is 0 Å². The van der Waals surface area contributed by atoms with Crippen molar-refractivity contribution in [2.75, 3.05) is 20.8 Å². The molecule has 118 valence electrons. The molecule has 1 saturated heterocycles. The topological polar surface area (TPSA) is 65.7 Å². The highest BCUT2D eigenvalue weighted by atomic mass is 16.5. The molecule has 5 nitrogen and oxygen atoms in total. The Morgan fingerprint density at radius 1 is 1.24 bits per heavy atom. The van der Waals surface area contributed by atoms with E-state index < -0.39 is 0 Å². The molecule has 0 spiro atoms. The van der Waals surface area contributed by atoms with Crippen LogP contribution in [0.15, 0.2) is 18.2 Å². The average molecular weight is 294 g/mol. The fourth-order valence-corrected chi connectivity index (χ4v) is 2.76. The summed E-state index contributed by atoms with van der Waals surface area (Å²) in [5.41, 5.74) is 3.97. The molecular weight excluding hydrogens is 268 g/mol. The molecule has 2 unspecified atom stereocenters. The number of hydrazine groups is 1. The monoisotopic (exact) mass is 294 g/mol. The zero-order valence-corrected chi connectivity index (χ0v) is 12.9. The predicted octanol–water partition coefficient (Wildman–Crippen LogP) is 2.56. The van der Waals surface area contributed by atoms with Crippen LogP contribution >= 0.6 is 0 Å². The maximum atomic E-state index is 5.78. The van der Waals surface area contributed by atoms with Crippen molar-refractivity contribution < 1.29 is 14.2 Å². The van der Waals surface area contributed by atoms with Crippen molar-refractivity contribution in [3.63, 3.8) is 0 Å². The van der Waals surface area contributed by atoms with Gasteiger partial charge in [0.15, 0.2) is 0 Å². The van der Waals surface area contributed by atoms with Gasteiger partial charge in [-0.3, -0.25) is 11.3 Å². The molecule has 0 aromatic heterocycles. The first-order valence-electron chi connectivity index (χ1n) is 7.57. The molecule has 0 radical (unpaired) electrons. The Morgan fingerprint density at radius 2 is 1.95 bits per heavy atom. The predicted molar refractivity (Wildman–Crippen MR) is 82.4 cm³/mol. The van der Waals surface area contributed by atoms with Gasteiger partial charge in [-0.15, -0.1) is 0 Å². The fraction of sp³-hybridized carbons (Fsp3) is 0.625. The quantitative estimate of drug-likeness (QED) is 0.597. The molecule has 0 bridgehead atoms. The van der Waals surface area contributed by atoms with Crippen LogP contribution in [0.4, 0.5) is 0 Å². The van der Waals surface area contributed by atoms with Gasteiger partial charge in [0.05, 0.1) is 20.3 Å². The van der Waals surface area contributed by atoms with Gasteiger partial charge < -0.3 is 14.2 Å². The summed E-state index contributed by atoms with van der Waals surface area (Å²) >= 11 is 0. The number of nitrogens with one attached hydrogen (secondary N) is 1. The number of ether oxygens (including phenoxy) is 3. The van der Waals surface area contributed by atoms with Crippen molar-refractivity contribution in [1.29, 1.82) is 0 Å². The van der Waals surface area contributed by atoms with Crippen LogP contribution in [0.5, 0.6) is 11.5 Å².